The molecule has 1 aliphatic heterocycles. The average molecular weight is 205 g/mol. The molecule has 0 unspecified atom stereocenters. The first-order chi connectivity index (χ1) is 7.22. The van der Waals surface area contributed by atoms with Gasteiger partial charge in [-0.05, 0) is 30.5 Å². The van der Waals surface area contributed by atoms with Crippen LogP contribution in [0.25, 0.3) is 0 Å². The van der Waals surface area contributed by atoms with Crippen LogP contribution in [-0.4, -0.2) is 35.1 Å². The first kappa shape index (κ1) is 10.6. The second kappa shape index (κ2) is 4.29. The molecule has 3 heteroatoms. The Balaban J connectivity index is 1.73. The third-order valence-corrected chi connectivity index (χ3v) is 3.25. The quantitative estimate of drug-likeness (QED) is 0.799. The van der Waals surface area contributed by atoms with Crippen molar-refractivity contribution >= 4 is 0 Å². The summed E-state index contributed by atoms with van der Waals surface area (Å²) in [6, 6.07) is 4.16. The molecule has 0 aromatic carbocycles. The minimum Gasteiger partial charge on any atom is -0.323 e. The van der Waals surface area contributed by atoms with Crippen molar-refractivity contribution < 1.29 is 0 Å². The number of hydrogen-bond donors (Lipinski definition) is 1. The van der Waals surface area contributed by atoms with Crippen LogP contribution in [0.2, 0.25) is 0 Å². The van der Waals surface area contributed by atoms with Gasteiger partial charge in [-0.2, -0.15) is 0 Å². The Kier molecular flexibility index (Phi) is 3.03. The van der Waals surface area contributed by atoms with Crippen LogP contribution in [0.15, 0.2) is 24.5 Å². The monoisotopic (exact) mass is 205 g/mol. The van der Waals surface area contributed by atoms with Gasteiger partial charge in [-0.25, -0.2) is 0 Å². The highest BCUT2D eigenvalue weighted by Crippen LogP contribution is 2.21. The zero-order chi connectivity index (χ0) is 10.7. The normalized spacial score (nSPS) is 19.9. The zero-order valence-corrected chi connectivity index (χ0v) is 9.32. The second-order valence-corrected chi connectivity index (χ2v) is 4.53. The second-order valence-electron chi connectivity index (χ2n) is 4.53. The molecule has 3 nitrogen and oxygen atoms in total. The van der Waals surface area contributed by atoms with E-state index in [1.54, 1.807) is 0 Å². The van der Waals surface area contributed by atoms with Crippen molar-refractivity contribution in [3.05, 3.63) is 30.1 Å². The summed E-state index contributed by atoms with van der Waals surface area (Å²) >= 11 is 0. The third-order valence-electron chi connectivity index (χ3n) is 3.25. The van der Waals surface area contributed by atoms with Gasteiger partial charge in [0, 0.05) is 37.6 Å². The molecule has 1 aliphatic rings. The maximum Gasteiger partial charge on any atom is 0.0409 e. The maximum atomic E-state index is 6.11. The molecule has 1 fully saturated rings. The molecular formula is C12H19N3. The highest BCUT2D eigenvalue weighted by molar-refractivity contribution is 5.10. The van der Waals surface area contributed by atoms with E-state index in [-0.39, 0.29) is 5.54 Å². The molecule has 1 aromatic rings. The van der Waals surface area contributed by atoms with Crippen LogP contribution in [0.5, 0.6) is 0 Å². The predicted molar refractivity (Wildman–Crippen MR) is 61.6 cm³/mol. The van der Waals surface area contributed by atoms with E-state index in [9.17, 15) is 0 Å². The lowest BCUT2D eigenvalue weighted by atomic mass is 9.88. The summed E-state index contributed by atoms with van der Waals surface area (Å²) in [5.74, 6) is 0. The Morgan fingerprint density at radius 2 is 2.07 bits per heavy atom. The smallest absolute Gasteiger partial charge is 0.0409 e. The molecule has 0 radical (unpaired) electrons. The standard InChI is InChI=1S/C12H19N3/c1-2-12(13)9-15(10-12)8-5-11-3-6-14-7-4-11/h3-4,6-7H,2,5,8-10,13H2,1H3. The van der Waals surface area contributed by atoms with Crippen LogP contribution in [0.1, 0.15) is 18.9 Å². The number of nitrogens with zero attached hydrogens (tertiary/aromatic N) is 2. The average Bonchev–Trinajstić information content (AvgIpc) is 2.24. The zero-order valence-electron chi connectivity index (χ0n) is 9.32. The molecule has 15 heavy (non-hydrogen) atoms. The number of hydrogen-bond acceptors (Lipinski definition) is 3. The number of pyridine rings is 1. The first-order valence-electron chi connectivity index (χ1n) is 5.62. The van der Waals surface area contributed by atoms with E-state index < -0.39 is 0 Å². The maximum absolute atomic E-state index is 6.11. The number of likely N-dealkylation sites (tertiary alicyclic amines) is 1. The van der Waals surface area contributed by atoms with Crippen molar-refractivity contribution in [3.8, 4) is 0 Å². The van der Waals surface area contributed by atoms with E-state index in [2.05, 4.69) is 28.9 Å². The van der Waals surface area contributed by atoms with E-state index in [1.165, 1.54) is 5.56 Å². The first-order valence-corrected chi connectivity index (χ1v) is 5.62. The van der Waals surface area contributed by atoms with Gasteiger partial charge in [0.05, 0.1) is 0 Å². The van der Waals surface area contributed by atoms with Gasteiger partial charge in [0.2, 0.25) is 0 Å². The number of nitrogens with two attached hydrogens (primary N) is 1. The van der Waals surface area contributed by atoms with E-state index >= 15 is 0 Å². The van der Waals surface area contributed by atoms with E-state index in [0.717, 1.165) is 32.5 Å². The molecule has 2 N–H and O–H groups in total. The summed E-state index contributed by atoms with van der Waals surface area (Å²) in [5.41, 5.74) is 7.56. The van der Waals surface area contributed by atoms with E-state index in [1.807, 2.05) is 12.4 Å². The van der Waals surface area contributed by atoms with Crippen molar-refractivity contribution in [2.45, 2.75) is 25.3 Å². The summed E-state index contributed by atoms with van der Waals surface area (Å²) in [6.45, 7) is 5.38. The fourth-order valence-electron chi connectivity index (χ4n) is 2.06. The SMILES string of the molecule is CCC1(N)CN(CCc2ccncc2)C1. The highest BCUT2D eigenvalue weighted by Gasteiger charge is 2.36. The van der Waals surface area contributed by atoms with Gasteiger partial charge in [0.25, 0.3) is 0 Å². The minimum absolute atomic E-state index is 0.0955. The number of aromatic nitrogens is 1. The predicted octanol–water partition coefficient (Wildman–Crippen LogP) is 1.05. The number of rotatable bonds is 4. The van der Waals surface area contributed by atoms with E-state index in [0.29, 0.717) is 0 Å². The van der Waals surface area contributed by atoms with Crippen molar-refractivity contribution in [2.75, 3.05) is 19.6 Å². The van der Waals surface area contributed by atoms with Crippen molar-refractivity contribution in [3.63, 3.8) is 0 Å². The van der Waals surface area contributed by atoms with Crippen molar-refractivity contribution in [2.24, 2.45) is 5.73 Å². The third kappa shape index (κ3) is 2.55. The van der Waals surface area contributed by atoms with Gasteiger partial charge < -0.3 is 5.73 Å². The Morgan fingerprint density at radius 3 is 2.67 bits per heavy atom. The molecular weight excluding hydrogens is 186 g/mol. The topological polar surface area (TPSA) is 42.1 Å². The van der Waals surface area contributed by atoms with Gasteiger partial charge in [0.15, 0.2) is 0 Å². The summed E-state index contributed by atoms with van der Waals surface area (Å²) in [6.07, 6.45) is 5.89. The fraction of sp³-hybridized carbons (Fsp3) is 0.583. The Hall–Kier alpha value is -0.930. The molecule has 0 bridgehead atoms. The van der Waals surface area contributed by atoms with Gasteiger partial charge in [-0.3, -0.25) is 9.88 Å². The Morgan fingerprint density at radius 1 is 1.40 bits per heavy atom. The summed E-state index contributed by atoms with van der Waals surface area (Å²) in [5, 5.41) is 0. The molecule has 0 atom stereocenters. The van der Waals surface area contributed by atoms with Gasteiger partial charge >= 0.3 is 0 Å². The van der Waals surface area contributed by atoms with Crippen molar-refractivity contribution in [1.82, 2.24) is 9.88 Å². The van der Waals surface area contributed by atoms with Gasteiger partial charge in [0.1, 0.15) is 0 Å². The molecule has 0 aliphatic carbocycles. The van der Waals surface area contributed by atoms with E-state index in [4.69, 9.17) is 5.73 Å². The molecule has 2 rings (SSSR count). The van der Waals surface area contributed by atoms with Crippen LogP contribution in [-0.2, 0) is 6.42 Å². The summed E-state index contributed by atoms with van der Waals surface area (Å²) < 4.78 is 0. The lowest BCUT2D eigenvalue weighted by molar-refractivity contribution is 0.0693. The largest absolute Gasteiger partial charge is 0.323 e. The van der Waals surface area contributed by atoms with Crippen LogP contribution >= 0.6 is 0 Å². The Labute approximate surface area is 91.3 Å². The molecule has 0 saturated carbocycles. The van der Waals surface area contributed by atoms with Gasteiger partial charge in [-0.1, -0.05) is 6.92 Å². The Bertz CT molecular complexity index is 304. The van der Waals surface area contributed by atoms with Gasteiger partial charge in [-0.15, -0.1) is 0 Å². The van der Waals surface area contributed by atoms with Crippen molar-refractivity contribution in [1.29, 1.82) is 0 Å². The van der Waals surface area contributed by atoms with Crippen LogP contribution in [0.3, 0.4) is 0 Å². The molecule has 2 heterocycles. The minimum atomic E-state index is 0.0955. The summed E-state index contributed by atoms with van der Waals surface area (Å²) in [7, 11) is 0. The molecule has 82 valence electrons. The van der Waals surface area contributed by atoms with Crippen LogP contribution in [0, 0.1) is 0 Å². The van der Waals surface area contributed by atoms with Crippen LogP contribution < -0.4 is 5.73 Å². The fourth-order valence-corrected chi connectivity index (χ4v) is 2.06. The lowest BCUT2D eigenvalue weighted by Crippen LogP contribution is -2.67. The molecule has 0 spiro atoms. The molecule has 0 amide bonds. The molecule has 1 aromatic heterocycles. The highest BCUT2D eigenvalue weighted by atomic mass is 15.2. The van der Waals surface area contributed by atoms with Crippen LogP contribution in [0.4, 0.5) is 0 Å². The summed E-state index contributed by atoms with van der Waals surface area (Å²) in [4.78, 5) is 6.43. The molecule has 1 saturated heterocycles. The lowest BCUT2D eigenvalue weighted by Gasteiger charge is -2.47.